The summed E-state index contributed by atoms with van der Waals surface area (Å²) in [4.78, 5) is 11.1. The average molecular weight is 273 g/mol. The summed E-state index contributed by atoms with van der Waals surface area (Å²) in [6.07, 6.45) is -4.49. The summed E-state index contributed by atoms with van der Waals surface area (Å²) in [7, 11) is 0. The molecule has 19 heavy (non-hydrogen) atoms. The fourth-order valence-electron chi connectivity index (χ4n) is 1.19. The Morgan fingerprint density at radius 1 is 1.47 bits per heavy atom. The number of amides is 1. The highest BCUT2D eigenvalue weighted by Gasteiger charge is 2.30. The first kappa shape index (κ1) is 14.6. The zero-order valence-electron chi connectivity index (χ0n) is 9.62. The van der Waals surface area contributed by atoms with Crippen LogP contribution in [0.3, 0.4) is 0 Å². The fourth-order valence-corrected chi connectivity index (χ4v) is 1.19. The first-order chi connectivity index (χ1) is 8.84. The van der Waals surface area contributed by atoms with Crippen molar-refractivity contribution in [3.8, 4) is 11.8 Å². The number of hydrogen-bond acceptors (Lipinski definition) is 4. The fraction of sp³-hybridized carbons (Fsp3) is 0.273. The van der Waals surface area contributed by atoms with Gasteiger partial charge in [-0.05, 0) is 18.2 Å². The molecule has 8 heteroatoms. The Balaban J connectivity index is 2.66. The Labute approximate surface area is 106 Å². The third kappa shape index (κ3) is 4.39. The van der Waals surface area contributed by atoms with Crippen LogP contribution in [0.1, 0.15) is 5.56 Å². The minimum Gasteiger partial charge on any atom is -0.482 e. The predicted octanol–water partition coefficient (Wildman–Crippen LogP) is 1.31. The van der Waals surface area contributed by atoms with Crippen molar-refractivity contribution in [3.05, 3.63) is 23.8 Å². The molecule has 0 spiro atoms. The van der Waals surface area contributed by atoms with Gasteiger partial charge in [-0.15, -0.1) is 0 Å². The maximum atomic E-state index is 12.4. The molecule has 1 aromatic rings. The van der Waals surface area contributed by atoms with Crippen LogP contribution < -0.4 is 15.8 Å². The van der Waals surface area contributed by atoms with E-state index in [-0.39, 0.29) is 18.0 Å². The first-order valence-corrected chi connectivity index (χ1v) is 5.07. The Morgan fingerprint density at radius 2 is 2.16 bits per heavy atom. The van der Waals surface area contributed by atoms with E-state index < -0.39 is 24.3 Å². The van der Waals surface area contributed by atoms with Gasteiger partial charge in [-0.3, -0.25) is 4.79 Å². The van der Waals surface area contributed by atoms with E-state index in [1.807, 2.05) is 0 Å². The minimum absolute atomic E-state index is 0.0277. The van der Waals surface area contributed by atoms with Crippen LogP contribution in [0.25, 0.3) is 0 Å². The van der Waals surface area contributed by atoms with E-state index in [4.69, 9.17) is 15.7 Å². The lowest BCUT2D eigenvalue weighted by molar-refractivity contribution is -0.137. The molecule has 1 aromatic carbocycles. The van der Waals surface area contributed by atoms with Crippen LogP contribution in [-0.4, -0.2) is 19.1 Å². The van der Waals surface area contributed by atoms with Crippen molar-refractivity contribution in [1.29, 1.82) is 5.26 Å². The quantitative estimate of drug-likeness (QED) is 0.639. The van der Waals surface area contributed by atoms with Crippen LogP contribution in [-0.2, 0) is 11.0 Å². The molecule has 0 aromatic heterocycles. The summed E-state index contributed by atoms with van der Waals surface area (Å²) in [6, 6.07) is 4.26. The zero-order chi connectivity index (χ0) is 14.5. The summed E-state index contributed by atoms with van der Waals surface area (Å²) in [5.74, 6) is -0.596. The van der Waals surface area contributed by atoms with Crippen LogP contribution >= 0.6 is 0 Å². The topological polar surface area (TPSA) is 88.1 Å². The molecular weight excluding hydrogens is 263 g/mol. The Kier molecular flexibility index (Phi) is 4.58. The van der Waals surface area contributed by atoms with Crippen LogP contribution in [0.15, 0.2) is 18.2 Å². The zero-order valence-corrected chi connectivity index (χ0v) is 9.62. The number of ether oxygens (including phenoxy) is 1. The molecule has 0 aliphatic heterocycles. The van der Waals surface area contributed by atoms with Gasteiger partial charge in [-0.25, -0.2) is 0 Å². The number of alkyl halides is 3. The van der Waals surface area contributed by atoms with Gasteiger partial charge in [-0.1, -0.05) is 0 Å². The lowest BCUT2D eigenvalue weighted by Gasteiger charge is -2.11. The summed E-state index contributed by atoms with van der Waals surface area (Å²) in [5.41, 5.74) is 4.28. The molecular formula is C11H10F3N3O2. The first-order valence-electron chi connectivity index (χ1n) is 5.07. The van der Waals surface area contributed by atoms with E-state index in [9.17, 15) is 18.0 Å². The minimum atomic E-state index is -4.49. The smallest absolute Gasteiger partial charge is 0.416 e. The number of nitrogens with zero attached hydrogens (tertiary/aromatic N) is 1. The lowest BCUT2D eigenvalue weighted by atomic mass is 10.2. The molecule has 0 fully saturated rings. The van der Waals surface area contributed by atoms with Crippen LogP contribution in [0, 0.1) is 11.3 Å². The van der Waals surface area contributed by atoms with Gasteiger partial charge < -0.3 is 15.8 Å². The molecule has 0 aliphatic carbocycles. The number of rotatable bonds is 4. The largest absolute Gasteiger partial charge is 0.482 e. The highest BCUT2D eigenvalue weighted by Crippen LogP contribution is 2.33. The SMILES string of the molecule is N#CCNC(=O)COc1ccc(C(F)(F)F)cc1N. The van der Waals surface area contributed by atoms with Gasteiger partial charge in [-0.2, -0.15) is 18.4 Å². The maximum Gasteiger partial charge on any atom is 0.416 e. The Morgan fingerprint density at radius 3 is 2.68 bits per heavy atom. The molecule has 102 valence electrons. The van der Waals surface area contributed by atoms with E-state index in [0.29, 0.717) is 0 Å². The van der Waals surface area contributed by atoms with Crippen molar-refractivity contribution >= 4 is 11.6 Å². The molecule has 0 bridgehead atoms. The third-order valence-electron chi connectivity index (χ3n) is 2.06. The van der Waals surface area contributed by atoms with E-state index >= 15 is 0 Å². The summed E-state index contributed by atoms with van der Waals surface area (Å²) >= 11 is 0. The Hall–Kier alpha value is -2.43. The van der Waals surface area contributed by atoms with Crippen molar-refractivity contribution in [3.63, 3.8) is 0 Å². The molecule has 0 radical (unpaired) electrons. The summed E-state index contributed by atoms with van der Waals surface area (Å²) in [6.45, 7) is -0.609. The van der Waals surface area contributed by atoms with Gasteiger partial charge in [0.25, 0.3) is 5.91 Å². The van der Waals surface area contributed by atoms with Crippen LogP contribution in [0.5, 0.6) is 5.75 Å². The number of carbonyl (C=O) groups excluding carboxylic acids is 1. The summed E-state index contributed by atoms with van der Waals surface area (Å²) < 4.78 is 42.0. The molecule has 0 saturated heterocycles. The maximum absolute atomic E-state index is 12.4. The average Bonchev–Trinajstić information content (AvgIpc) is 2.33. The molecule has 1 rings (SSSR count). The second-order valence-electron chi connectivity index (χ2n) is 3.47. The number of carbonyl (C=O) groups is 1. The van der Waals surface area contributed by atoms with Crippen molar-refractivity contribution in [2.75, 3.05) is 18.9 Å². The molecule has 0 aliphatic rings. The number of benzene rings is 1. The van der Waals surface area contributed by atoms with Gasteiger partial charge in [0.2, 0.25) is 0 Å². The standard InChI is InChI=1S/C11H10F3N3O2/c12-11(13,14)7-1-2-9(8(16)5-7)19-6-10(18)17-4-3-15/h1-2,5H,4,6,16H2,(H,17,18). The molecule has 0 atom stereocenters. The number of nitrogen functional groups attached to an aromatic ring is 1. The summed E-state index contributed by atoms with van der Waals surface area (Å²) in [5, 5.41) is 10.4. The van der Waals surface area contributed by atoms with Crippen LogP contribution in [0.2, 0.25) is 0 Å². The van der Waals surface area contributed by atoms with Gasteiger partial charge >= 0.3 is 6.18 Å². The van der Waals surface area contributed by atoms with Crippen LogP contribution in [0.4, 0.5) is 18.9 Å². The van der Waals surface area contributed by atoms with E-state index in [1.165, 1.54) is 0 Å². The van der Waals surface area contributed by atoms with E-state index in [0.717, 1.165) is 18.2 Å². The van der Waals surface area contributed by atoms with Gasteiger partial charge in [0, 0.05) is 0 Å². The second-order valence-corrected chi connectivity index (χ2v) is 3.47. The normalized spacial score (nSPS) is 10.6. The molecule has 5 nitrogen and oxygen atoms in total. The predicted molar refractivity (Wildman–Crippen MR) is 60.0 cm³/mol. The number of nitrogens with two attached hydrogens (primary N) is 1. The van der Waals surface area contributed by atoms with Crippen molar-refractivity contribution in [1.82, 2.24) is 5.32 Å². The van der Waals surface area contributed by atoms with E-state index in [2.05, 4.69) is 5.32 Å². The third-order valence-corrected chi connectivity index (χ3v) is 2.06. The van der Waals surface area contributed by atoms with Crippen molar-refractivity contribution < 1.29 is 22.7 Å². The molecule has 0 unspecified atom stereocenters. The second kappa shape index (κ2) is 5.95. The molecule has 3 N–H and O–H groups in total. The number of nitriles is 1. The molecule has 0 saturated carbocycles. The monoisotopic (exact) mass is 273 g/mol. The molecule has 1 amide bonds. The Bertz CT molecular complexity index is 509. The number of nitrogens with one attached hydrogen (secondary N) is 1. The highest BCUT2D eigenvalue weighted by molar-refractivity contribution is 5.78. The van der Waals surface area contributed by atoms with Crippen molar-refractivity contribution in [2.24, 2.45) is 0 Å². The van der Waals surface area contributed by atoms with Gasteiger partial charge in [0.1, 0.15) is 12.3 Å². The number of halogens is 3. The number of anilines is 1. The molecule has 0 heterocycles. The van der Waals surface area contributed by atoms with Gasteiger partial charge in [0.15, 0.2) is 6.61 Å². The van der Waals surface area contributed by atoms with E-state index in [1.54, 1.807) is 6.07 Å². The lowest BCUT2D eigenvalue weighted by Crippen LogP contribution is -2.29. The van der Waals surface area contributed by atoms with Crippen molar-refractivity contribution in [2.45, 2.75) is 6.18 Å². The van der Waals surface area contributed by atoms with Gasteiger partial charge in [0.05, 0.1) is 17.3 Å². The highest BCUT2D eigenvalue weighted by atomic mass is 19.4. The number of hydrogen-bond donors (Lipinski definition) is 2.